The Labute approximate surface area is 563 Å². The van der Waals surface area contributed by atoms with Crippen LogP contribution in [-0.2, 0) is 25.7 Å². The monoisotopic (exact) mass is 1320 g/mol. The second-order valence-electron chi connectivity index (χ2n) is 19.2. The standard InChI is InChI=1S/C53H56FN11O8S.C4H10N2O.CH4S.CH3.Cs/c1-6-42(66)58-37-20-16-35(17-21-37)49(69)61-39-9-7-8-38(26-39)60-48-44(54)52(63-47-41(30(2)3)27-57-65(47)48)74-40-22-24-64(25-23-40)53(72)73-29-32-10-18-36(19-11-32)59-43(67)28-56-51(71)45(31(4)5)62-50(70)34-14-12-33(13-15-34)46(55)68;1-2-3-6-4(5)7;1-2;;/h6-21,26-27,30-31,40,45,60H,1,22-25,28-29H2,2-5H3,(H2,55,68)(H,56,71)(H,58,66)(H,59,67)(H,61,69)(H,62,70);2-3H2,1H3,(H3,5,6,7);2H,1H3;1H3;/q;;;-1;+1. The fourth-order valence-corrected chi connectivity index (χ4v) is 9.09. The summed E-state index contributed by atoms with van der Waals surface area (Å²) in [6.45, 7) is 14.0. The Morgan fingerprint density at radius 3 is 1.96 bits per heavy atom. The summed E-state index contributed by atoms with van der Waals surface area (Å²) in [5, 5.41) is 23.6. The van der Waals surface area contributed by atoms with Crippen molar-refractivity contribution in [2.24, 2.45) is 17.4 Å². The quantitative estimate of drug-likeness (QED) is 0.0180. The molecule has 0 radical (unpaired) electrons. The van der Waals surface area contributed by atoms with Gasteiger partial charge in [-0.3, -0.25) is 28.8 Å². The molecule has 0 saturated carbocycles. The van der Waals surface area contributed by atoms with E-state index in [9.17, 15) is 38.4 Å². The smallest absolute Gasteiger partial charge is 0.445 e. The summed E-state index contributed by atoms with van der Waals surface area (Å²) in [6.07, 6.45) is 6.05. The van der Waals surface area contributed by atoms with Gasteiger partial charge < -0.3 is 65.7 Å². The third-order valence-electron chi connectivity index (χ3n) is 12.4. The Morgan fingerprint density at radius 1 is 0.800 bits per heavy atom. The number of amides is 9. The molecule has 1 saturated heterocycles. The number of halogens is 1. The zero-order valence-electron chi connectivity index (χ0n) is 48.9. The predicted octanol–water partition coefficient (Wildman–Crippen LogP) is 5.68. The maximum atomic E-state index is 16.6. The van der Waals surface area contributed by atoms with Crippen molar-refractivity contribution < 1.29 is 116 Å². The number of fused-ring (bicyclic) bond motifs is 1. The van der Waals surface area contributed by atoms with Crippen molar-refractivity contribution in [2.75, 3.05) is 53.7 Å². The van der Waals surface area contributed by atoms with Gasteiger partial charge in [0, 0.05) is 69.9 Å². The van der Waals surface area contributed by atoms with Crippen molar-refractivity contribution in [3.63, 3.8) is 0 Å². The second-order valence-corrected chi connectivity index (χ2v) is 20.5. The maximum Gasteiger partial charge on any atom is 1.00 e. The van der Waals surface area contributed by atoms with E-state index in [-0.39, 0.29) is 140 Å². The number of thioether (sulfide) groups is 1. The van der Waals surface area contributed by atoms with Gasteiger partial charge in [0.2, 0.25) is 23.6 Å². The number of nitrogens with one attached hydrogen (secondary N) is 7. The van der Waals surface area contributed by atoms with Gasteiger partial charge in [-0.1, -0.05) is 71.2 Å². The molecule has 22 nitrogen and oxygen atoms in total. The number of hydrogen-bond donors (Lipinski definition) is 10. The summed E-state index contributed by atoms with van der Waals surface area (Å²) >= 11 is 4.83. The van der Waals surface area contributed by atoms with E-state index < -0.39 is 47.6 Å². The number of urea groups is 1. The van der Waals surface area contributed by atoms with Crippen LogP contribution in [-0.4, -0.2) is 111 Å². The van der Waals surface area contributed by atoms with E-state index in [0.717, 1.165) is 18.1 Å². The van der Waals surface area contributed by atoms with Gasteiger partial charge in [-0.15, -0.1) is 0 Å². The van der Waals surface area contributed by atoms with Crippen LogP contribution in [0.1, 0.15) is 102 Å². The molecule has 448 valence electrons. The summed E-state index contributed by atoms with van der Waals surface area (Å²) in [7, 11) is 0. The molecule has 11 N–H and O–H groups in total. The first-order valence-corrected chi connectivity index (χ1v) is 28.2. The van der Waals surface area contributed by atoms with Crippen LogP contribution >= 0.6 is 24.4 Å². The molecule has 0 spiro atoms. The average molecular weight is 1320 g/mol. The number of aromatic nitrogens is 3. The number of piperidine rings is 1. The van der Waals surface area contributed by atoms with Crippen LogP contribution in [0.25, 0.3) is 5.65 Å². The first kappa shape index (κ1) is 72.3. The number of nitrogens with zero attached hydrogens (tertiary/aromatic N) is 4. The van der Waals surface area contributed by atoms with Crippen molar-refractivity contribution >= 4 is 106 Å². The molecule has 6 aromatic rings. The van der Waals surface area contributed by atoms with E-state index in [2.05, 4.69) is 61.5 Å². The number of rotatable bonds is 21. The first-order chi connectivity index (χ1) is 39.7. The van der Waals surface area contributed by atoms with Crippen molar-refractivity contribution in [1.29, 1.82) is 0 Å². The van der Waals surface area contributed by atoms with Gasteiger partial charge in [0.25, 0.3) is 11.8 Å². The summed E-state index contributed by atoms with van der Waals surface area (Å²) < 4.78 is 23.7. The fourth-order valence-electron chi connectivity index (χ4n) is 7.99. The number of benzene rings is 4. The van der Waals surface area contributed by atoms with Crippen LogP contribution in [0.2, 0.25) is 0 Å². The van der Waals surface area contributed by atoms with E-state index in [4.69, 9.17) is 21.2 Å². The van der Waals surface area contributed by atoms with Crippen LogP contribution in [0.15, 0.2) is 121 Å². The van der Waals surface area contributed by atoms with Gasteiger partial charge in [-0.05, 0) is 128 Å². The number of hydrogen-bond acceptors (Lipinski definition) is 14. The molecule has 7 rings (SSSR count). The minimum absolute atomic E-state index is 0. The number of carbonyl (C=O) groups excluding carboxylic acids is 8. The van der Waals surface area contributed by atoms with Crippen LogP contribution in [0.3, 0.4) is 0 Å². The Morgan fingerprint density at radius 2 is 1.39 bits per heavy atom. The van der Waals surface area contributed by atoms with E-state index in [1.807, 2.05) is 20.8 Å². The number of nitrogens with two attached hydrogens (primary N) is 2. The summed E-state index contributed by atoms with van der Waals surface area (Å²) in [5.74, 6) is -3.78. The van der Waals surface area contributed by atoms with Gasteiger partial charge in [-0.25, -0.2) is 14.6 Å². The van der Waals surface area contributed by atoms with E-state index in [0.29, 0.717) is 72.0 Å². The fraction of sp³-hybridized carbons (Fsp3) is 0.305. The maximum absolute atomic E-state index is 16.6. The topological polar surface area (TPSA) is 315 Å². The Hall–Kier alpha value is -6.92. The Kier molecular flexibility index (Phi) is 30.8. The van der Waals surface area contributed by atoms with Crippen molar-refractivity contribution in [2.45, 2.75) is 82.7 Å². The minimum Gasteiger partial charge on any atom is -0.445 e. The number of thiol groups is 1. The summed E-state index contributed by atoms with van der Waals surface area (Å²) in [4.78, 5) is 104. The predicted molar refractivity (Wildman–Crippen MR) is 329 cm³/mol. The molecule has 2 aromatic heterocycles. The molecule has 0 aliphatic carbocycles. The molecule has 1 aliphatic heterocycles. The zero-order valence-corrected chi connectivity index (χ0v) is 56.9. The summed E-state index contributed by atoms with van der Waals surface area (Å²) in [6, 6.07) is 24.2. The molecule has 85 heavy (non-hydrogen) atoms. The third-order valence-corrected chi connectivity index (χ3v) is 13.7. The molecule has 3 heterocycles. The van der Waals surface area contributed by atoms with Gasteiger partial charge in [0.1, 0.15) is 17.7 Å². The molecule has 1 fully saturated rings. The van der Waals surface area contributed by atoms with Gasteiger partial charge in [0.05, 0.1) is 12.7 Å². The average Bonchev–Trinajstić information content (AvgIpc) is 2.40. The molecular formula is C59H73CsFN13O9S2. The molecule has 1 unspecified atom stereocenters. The number of carbonyl (C=O) groups is 8. The largest absolute Gasteiger partial charge is 1.00 e. The van der Waals surface area contributed by atoms with Crippen LogP contribution < -0.4 is 118 Å². The van der Waals surface area contributed by atoms with Crippen molar-refractivity contribution in [1.82, 2.24) is 35.4 Å². The first-order valence-electron chi connectivity index (χ1n) is 26.5. The third kappa shape index (κ3) is 22.1. The van der Waals surface area contributed by atoms with E-state index in [1.54, 1.807) is 104 Å². The molecular weight excluding hydrogens is 1250 g/mol. The number of ether oxygens (including phenoxy) is 1. The molecule has 26 heteroatoms. The Bertz CT molecular complexity index is 3250. The minimum atomic E-state index is -0.943. The SMILES string of the molecule is C=CC(=O)Nc1ccc(C(=O)Nc2cccc(Nc3c(F)c(SC4CCN(C(=O)OCc5ccc(NC(=O)CNC(=O)C(NC(=O)c6ccc(C(N)=O)cc6)C(C)C)cc5)CC4)nc4c(C(C)C)cnn34)c2)cc1.CCCNC(N)=O.CS.[CH3-].[Cs+]. The van der Waals surface area contributed by atoms with Gasteiger partial charge >= 0.3 is 81.0 Å². The number of likely N-dealkylation sites (tertiary alicyclic amines) is 1. The normalized spacial score (nSPS) is 12.0. The molecule has 1 aliphatic rings. The van der Waals surface area contributed by atoms with E-state index in [1.165, 1.54) is 40.5 Å². The van der Waals surface area contributed by atoms with Gasteiger partial charge in [0.15, 0.2) is 17.3 Å². The molecule has 4 aromatic carbocycles. The van der Waals surface area contributed by atoms with Crippen molar-refractivity contribution in [3.05, 3.63) is 157 Å². The van der Waals surface area contributed by atoms with Crippen molar-refractivity contribution in [3.8, 4) is 0 Å². The summed E-state index contributed by atoms with van der Waals surface area (Å²) in [5.41, 5.74) is 14.7. The van der Waals surface area contributed by atoms with Gasteiger partial charge in [-0.2, -0.15) is 26.6 Å². The zero-order chi connectivity index (χ0) is 60.8. The second kappa shape index (κ2) is 36.2. The number of anilines is 5. The Balaban J connectivity index is 0.00000160. The van der Waals surface area contributed by atoms with E-state index >= 15 is 4.39 Å². The van der Waals surface area contributed by atoms with Crippen LogP contribution in [0.5, 0.6) is 0 Å². The molecule has 9 amide bonds. The molecule has 1 atom stereocenters. The number of primary amides is 2. The van der Waals surface area contributed by atoms with Crippen LogP contribution in [0, 0.1) is 19.2 Å². The van der Waals surface area contributed by atoms with Crippen LogP contribution in [0.4, 0.5) is 42.5 Å². The molecule has 0 bridgehead atoms.